The van der Waals surface area contributed by atoms with E-state index in [9.17, 15) is 4.79 Å². The summed E-state index contributed by atoms with van der Waals surface area (Å²) >= 11 is 0. The zero-order chi connectivity index (χ0) is 15.4. The number of unbranched alkanes of at least 4 members (excludes halogenated alkanes) is 2. The van der Waals surface area contributed by atoms with Gasteiger partial charge in [0.2, 0.25) is 5.91 Å². The Labute approximate surface area is 127 Å². The minimum absolute atomic E-state index is 0.0178. The van der Waals surface area contributed by atoms with Gasteiger partial charge in [-0.3, -0.25) is 4.79 Å². The van der Waals surface area contributed by atoms with Crippen LogP contribution in [0.15, 0.2) is 18.2 Å². The molecule has 2 N–H and O–H groups in total. The number of carbonyl (C=O) groups excluding carboxylic acids is 1. The Hall–Kier alpha value is -1.55. The van der Waals surface area contributed by atoms with E-state index in [0.717, 1.165) is 24.3 Å². The number of nitrogens with two attached hydrogens (primary N) is 1. The molecule has 1 aliphatic rings. The third-order valence-electron chi connectivity index (χ3n) is 4.24. The SMILES string of the molecule is CCCCN(CCCC)c1ccc2c(c1)N(C)C(=O)C2N. The molecule has 1 aromatic rings. The molecule has 4 heteroatoms. The van der Waals surface area contributed by atoms with Gasteiger partial charge in [-0.05, 0) is 25.0 Å². The molecule has 1 aromatic carbocycles. The first kappa shape index (κ1) is 15.8. The number of likely N-dealkylation sites (N-methyl/N-ethyl adjacent to an activating group) is 1. The lowest BCUT2D eigenvalue weighted by Gasteiger charge is -2.26. The minimum atomic E-state index is -0.501. The van der Waals surface area contributed by atoms with Gasteiger partial charge in [-0.1, -0.05) is 32.8 Å². The van der Waals surface area contributed by atoms with Crippen LogP contribution in [0.2, 0.25) is 0 Å². The number of hydrogen-bond acceptors (Lipinski definition) is 3. The molecule has 1 heterocycles. The lowest BCUT2D eigenvalue weighted by Crippen LogP contribution is -2.28. The Bertz CT molecular complexity index is 493. The average molecular weight is 289 g/mol. The number of amides is 1. The van der Waals surface area contributed by atoms with Gasteiger partial charge in [-0.15, -0.1) is 0 Å². The molecule has 1 unspecified atom stereocenters. The van der Waals surface area contributed by atoms with E-state index >= 15 is 0 Å². The van der Waals surface area contributed by atoms with Crippen molar-refractivity contribution in [1.29, 1.82) is 0 Å². The van der Waals surface area contributed by atoms with Crippen molar-refractivity contribution in [2.24, 2.45) is 5.73 Å². The lowest BCUT2D eigenvalue weighted by atomic mass is 10.1. The van der Waals surface area contributed by atoms with Gasteiger partial charge in [-0.2, -0.15) is 0 Å². The first-order valence-corrected chi connectivity index (χ1v) is 8.02. The summed E-state index contributed by atoms with van der Waals surface area (Å²) in [4.78, 5) is 16.1. The Balaban J connectivity index is 2.24. The second-order valence-electron chi connectivity index (χ2n) is 5.81. The van der Waals surface area contributed by atoms with E-state index in [1.165, 1.54) is 31.4 Å². The molecule has 116 valence electrons. The zero-order valence-electron chi connectivity index (χ0n) is 13.4. The monoisotopic (exact) mass is 289 g/mol. The molecular formula is C17H27N3O. The summed E-state index contributed by atoms with van der Waals surface area (Å²) in [5.74, 6) is -0.0178. The smallest absolute Gasteiger partial charge is 0.248 e. The Morgan fingerprint density at radius 3 is 2.38 bits per heavy atom. The fourth-order valence-corrected chi connectivity index (χ4v) is 2.81. The number of rotatable bonds is 7. The first-order valence-electron chi connectivity index (χ1n) is 8.02. The summed E-state index contributed by atoms with van der Waals surface area (Å²) in [7, 11) is 1.81. The molecule has 0 fully saturated rings. The summed E-state index contributed by atoms with van der Waals surface area (Å²) in [6, 6.07) is 5.74. The summed E-state index contributed by atoms with van der Waals surface area (Å²) in [5, 5.41) is 0. The van der Waals surface area contributed by atoms with Gasteiger partial charge in [0.15, 0.2) is 0 Å². The van der Waals surface area contributed by atoms with Crippen molar-refractivity contribution in [3.05, 3.63) is 23.8 Å². The van der Waals surface area contributed by atoms with E-state index < -0.39 is 6.04 Å². The Kier molecular flexibility index (Phi) is 5.23. The molecule has 0 radical (unpaired) electrons. The molecule has 1 amide bonds. The van der Waals surface area contributed by atoms with Gasteiger partial charge in [0.1, 0.15) is 6.04 Å². The third-order valence-corrected chi connectivity index (χ3v) is 4.24. The number of benzene rings is 1. The zero-order valence-corrected chi connectivity index (χ0v) is 13.4. The predicted molar refractivity (Wildman–Crippen MR) is 88.8 cm³/mol. The summed E-state index contributed by atoms with van der Waals surface area (Å²) in [5.41, 5.74) is 9.06. The molecule has 0 saturated carbocycles. The fraction of sp³-hybridized carbons (Fsp3) is 0.588. The van der Waals surface area contributed by atoms with Crippen LogP contribution in [0, 0.1) is 0 Å². The number of anilines is 2. The van der Waals surface area contributed by atoms with Crippen LogP contribution in [0.5, 0.6) is 0 Å². The van der Waals surface area contributed by atoms with Crippen LogP contribution in [0.25, 0.3) is 0 Å². The largest absolute Gasteiger partial charge is 0.371 e. The van der Waals surface area contributed by atoms with Crippen molar-refractivity contribution in [2.45, 2.75) is 45.6 Å². The fourth-order valence-electron chi connectivity index (χ4n) is 2.81. The van der Waals surface area contributed by atoms with Crippen LogP contribution in [-0.4, -0.2) is 26.0 Å². The molecule has 1 atom stereocenters. The number of carbonyl (C=O) groups is 1. The molecule has 21 heavy (non-hydrogen) atoms. The van der Waals surface area contributed by atoms with E-state index in [1.54, 1.807) is 11.9 Å². The van der Waals surface area contributed by atoms with E-state index in [2.05, 4.69) is 30.9 Å². The van der Waals surface area contributed by atoms with Crippen molar-refractivity contribution in [2.75, 3.05) is 29.9 Å². The quantitative estimate of drug-likeness (QED) is 0.839. The lowest BCUT2D eigenvalue weighted by molar-refractivity contribution is -0.118. The molecule has 4 nitrogen and oxygen atoms in total. The van der Waals surface area contributed by atoms with Crippen LogP contribution in [0.3, 0.4) is 0 Å². The molecule has 0 aliphatic carbocycles. The highest BCUT2D eigenvalue weighted by molar-refractivity contribution is 6.04. The molecule has 2 rings (SSSR count). The van der Waals surface area contributed by atoms with Crippen LogP contribution < -0.4 is 15.5 Å². The van der Waals surface area contributed by atoms with Gasteiger partial charge in [0, 0.05) is 31.4 Å². The molecule has 0 saturated heterocycles. The predicted octanol–water partition coefficient (Wildman–Crippen LogP) is 3.07. The molecule has 0 bridgehead atoms. The Morgan fingerprint density at radius 2 is 1.81 bits per heavy atom. The van der Waals surface area contributed by atoms with Gasteiger partial charge in [-0.25, -0.2) is 0 Å². The number of hydrogen-bond donors (Lipinski definition) is 1. The van der Waals surface area contributed by atoms with Crippen molar-refractivity contribution in [3.8, 4) is 0 Å². The maximum atomic E-state index is 12.0. The number of fused-ring (bicyclic) bond motifs is 1. The molecule has 1 aliphatic heterocycles. The van der Waals surface area contributed by atoms with Crippen LogP contribution in [0.1, 0.15) is 51.1 Å². The first-order chi connectivity index (χ1) is 10.1. The molecular weight excluding hydrogens is 262 g/mol. The van der Waals surface area contributed by atoms with E-state index in [1.807, 2.05) is 6.07 Å². The van der Waals surface area contributed by atoms with E-state index in [0.29, 0.717) is 0 Å². The molecule has 0 aromatic heterocycles. The maximum Gasteiger partial charge on any atom is 0.248 e. The molecule has 0 spiro atoms. The van der Waals surface area contributed by atoms with E-state index in [-0.39, 0.29) is 5.91 Å². The van der Waals surface area contributed by atoms with Crippen LogP contribution >= 0.6 is 0 Å². The average Bonchev–Trinajstić information content (AvgIpc) is 2.72. The summed E-state index contributed by atoms with van der Waals surface area (Å²) < 4.78 is 0. The number of nitrogens with zero attached hydrogens (tertiary/aromatic N) is 2. The van der Waals surface area contributed by atoms with Gasteiger partial charge < -0.3 is 15.5 Å². The van der Waals surface area contributed by atoms with Crippen molar-refractivity contribution < 1.29 is 4.79 Å². The van der Waals surface area contributed by atoms with Gasteiger partial charge >= 0.3 is 0 Å². The summed E-state index contributed by atoms with van der Waals surface area (Å²) in [6.45, 7) is 6.57. The second kappa shape index (κ2) is 6.94. The van der Waals surface area contributed by atoms with E-state index in [4.69, 9.17) is 5.73 Å². The third kappa shape index (κ3) is 3.21. The Morgan fingerprint density at radius 1 is 1.19 bits per heavy atom. The van der Waals surface area contributed by atoms with Crippen molar-refractivity contribution in [1.82, 2.24) is 0 Å². The minimum Gasteiger partial charge on any atom is -0.371 e. The normalized spacial score (nSPS) is 17.2. The van der Waals surface area contributed by atoms with Gasteiger partial charge in [0.25, 0.3) is 0 Å². The standard InChI is InChI=1S/C17H27N3O/c1-4-6-10-20(11-7-5-2)13-8-9-14-15(12-13)19(3)17(21)16(14)18/h8-9,12,16H,4-7,10-11,18H2,1-3H3. The topological polar surface area (TPSA) is 49.6 Å². The highest BCUT2D eigenvalue weighted by atomic mass is 16.2. The van der Waals surface area contributed by atoms with Crippen LogP contribution in [0.4, 0.5) is 11.4 Å². The second-order valence-corrected chi connectivity index (χ2v) is 5.81. The maximum absolute atomic E-state index is 12.0. The van der Waals surface area contributed by atoms with Crippen molar-refractivity contribution >= 4 is 17.3 Å². The van der Waals surface area contributed by atoms with Crippen molar-refractivity contribution in [3.63, 3.8) is 0 Å². The van der Waals surface area contributed by atoms with Crippen LogP contribution in [-0.2, 0) is 4.79 Å². The highest BCUT2D eigenvalue weighted by Gasteiger charge is 2.32. The van der Waals surface area contributed by atoms with Gasteiger partial charge in [0.05, 0.1) is 5.69 Å². The highest BCUT2D eigenvalue weighted by Crippen LogP contribution is 2.36. The summed E-state index contributed by atoms with van der Waals surface area (Å²) in [6.07, 6.45) is 4.76.